The first kappa shape index (κ1) is 15.3. The number of anilines is 1. The Kier molecular flexibility index (Phi) is 4.17. The van der Waals surface area contributed by atoms with Crippen molar-refractivity contribution in [3.05, 3.63) is 33.9 Å². The molecule has 1 aromatic rings. The molecule has 0 unspecified atom stereocenters. The molecular weight excluding hydrogens is 284 g/mol. The zero-order chi connectivity index (χ0) is 15.6. The predicted octanol–water partition coefficient (Wildman–Crippen LogP) is 2.20. The van der Waals surface area contributed by atoms with Gasteiger partial charge in [-0.25, -0.2) is 4.39 Å². The van der Waals surface area contributed by atoms with Crippen molar-refractivity contribution in [3.63, 3.8) is 0 Å². The number of carbonyl (C=O) groups is 1. The third-order valence-electron chi connectivity index (χ3n) is 3.74. The number of benzene rings is 1. The van der Waals surface area contributed by atoms with Crippen LogP contribution in [0.1, 0.15) is 19.8 Å². The van der Waals surface area contributed by atoms with E-state index in [0.717, 1.165) is 0 Å². The van der Waals surface area contributed by atoms with Crippen LogP contribution in [0, 0.1) is 27.2 Å². The van der Waals surface area contributed by atoms with Gasteiger partial charge in [-0.2, -0.15) is 4.39 Å². The van der Waals surface area contributed by atoms with Gasteiger partial charge in [0.05, 0.1) is 10.6 Å². The Morgan fingerprint density at radius 1 is 1.33 bits per heavy atom. The van der Waals surface area contributed by atoms with E-state index in [9.17, 15) is 23.7 Å². The van der Waals surface area contributed by atoms with Crippen LogP contribution in [0.15, 0.2) is 12.1 Å². The molecule has 1 aliphatic rings. The number of nitrogens with zero attached hydrogens (tertiary/aromatic N) is 1. The fourth-order valence-corrected chi connectivity index (χ4v) is 2.25. The number of nitrogens with one attached hydrogen (secondary N) is 2. The fourth-order valence-electron chi connectivity index (χ4n) is 2.25. The van der Waals surface area contributed by atoms with E-state index in [1.54, 1.807) is 6.92 Å². The quantitative estimate of drug-likeness (QED) is 0.662. The van der Waals surface area contributed by atoms with Gasteiger partial charge in [0.15, 0.2) is 0 Å². The summed E-state index contributed by atoms with van der Waals surface area (Å²) >= 11 is 0. The highest BCUT2D eigenvalue weighted by atomic mass is 19.1. The number of hydrogen-bond acceptors (Lipinski definition) is 4. The van der Waals surface area contributed by atoms with Crippen molar-refractivity contribution < 1.29 is 18.5 Å². The Morgan fingerprint density at radius 2 is 1.95 bits per heavy atom. The number of nitro groups is 1. The Labute approximate surface area is 119 Å². The molecular formula is C13H15F2N3O3. The summed E-state index contributed by atoms with van der Waals surface area (Å²) in [6.45, 7) is 3.07. The van der Waals surface area contributed by atoms with Crippen LogP contribution in [0.2, 0.25) is 0 Å². The second-order valence-electron chi connectivity index (χ2n) is 5.31. The smallest absolute Gasteiger partial charge is 0.307 e. The molecule has 2 rings (SSSR count). The molecule has 0 atom stereocenters. The number of carbonyl (C=O) groups excluding carboxylic acids is 1. The molecule has 1 fully saturated rings. The van der Waals surface area contributed by atoms with E-state index in [0.29, 0.717) is 38.1 Å². The molecule has 0 saturated carbocycles. The van der Waals surface area contributed by atoms with Gasteiger partial charge in [-0.05, 0) is 25.9 Å². The molecule has 21 heavy (non-hydrogen) atoms. The average molecular weight is 299 g/mol. The van der Waals surface area contributed by atoms with Gasteiger partial charge < -0.3 is 10.6 Å². The summed E-state index contributed by atoms with van der Waals surface area (Å²) in [5, 5.41) is 16.1. The second kappa shape index (κ2) is 5.72. The molecule has 0 aliphatic carbocycles. The minimum absolute atomic E-state index is 0.382. The summed E-state index contributed by atoms with van der Waals surface area (Å²) in [7, 11) is 0. The lowest BCUT2D eigenvalue weighted by Crippen LogP contribution is -2.43. The van der Waals surface area contributed by atoms with Gasteiger partial charge >= 0.3 is 5.69 Å². The lowest BCUT2D eigenvalue weighted by molar-refractivity contribution is -0.387. The highest BCUT2D eigenvalue weighted by molar-refractivity contribution is 5.95. The summed E-state index contributed by atoms with van der Waals surface area (Å²) in [6, 6.07) is 1.10. The molecule has 0 aromatic heterocycles. The highest BCUT2D eigenvalue weighted by Gasteiger charge is 2.35. The number of nitro benzene ring substituents is 1. The van der Waals surface area contributed by atoms with Crippen LogP contribution in [-0.4, -0.2) is 23.9 Å². The minimum atomic E-state index is -1.27. The van der Waals surface area contributed by atoms with Crippen LogP contribution in [0.3, 0.4) is 0 Å². The molecule has 1 amide bonds. The molecule has 0 bridgehead atoms. The zero-order valence-electron chi connectivity index (χ0n) is 11.4. The van der Waals surface area contributed by atoms with Gasteiger partial charge in [0.1, 0.15) is 5.82 Å². The van der Waals surface area contributed by atoms with Crippen molar-refractivity contribution in [2.24, 2.45) is 5.41 Å². The van der Waals surface area contributed by atoms with Crippen molar-refractivity contribution in [1.82, 2.24) is 5.32 Å². The normalized spacial score (nSPS) is 17.3. The van der Waals surface area contributed by atoms with Gasteiger partial charge in [0.25, 0.3) is 0 Å². The first-order chi connectivity index (χ1) is 9.83. The Hall–Kier alpha value is -2.09. The lowest BCUT2D eigenvalue weighted by atomic mass is 9.80. The van der Waals surface area contributed by atoms with Crippen molar-refractivity contribution in [2.45, 2.75) is 19.8 Å². The predicted molar refractivity (Wildman–Crippen MR) is 71.9 cm³/mol. The van der Waals surface area contributed by atoms with Gasteiger partial charge in [0, 0.05) is 17.5 Å². The second-order valence-corrected chi connectivity index (χ2v) is 5.31. The Bertz CT molecular complexity index is 586. The van der Waals surface area contributed by atoms with E-state index in [1.807, 2.05) is 0 Å². The fraction of sp³-hybridized carbons (Fsp3) is 0.462. The van der Waals surface area contributed by atoms with Crippen LogP contribution in [0.4, 0.5) is 20.2 Å². The molecule has 1 aromatic carbocycles. The number of hydrogen-bond donors (Lipinski definition) is 2. The van der Waals surface area contributed by atoms with Gasteiger partial charge in [0.2, 0.25) is 11.7 Å². The number of halogens is 2. The average Bonchev–Trinajstić information content (AvgIpc) is 2.42. The lowest BCUT2D eigenvalue weighted by Gasteiger charge is -2.32. The summed E-state index contributed by atoms with van der Waals surface area (Å²) in [5.41, 5.74) is -1.93. The minimum Gasteiger partial charge on any atom is -0.323 e. The summed E-state index contributed by atoms with van der Waals surface area (Å²) in [5.74, 6) is -2.74. The first-order valence-corrected chi connectivity index (χ1v) is 6.49. The molecule has 1 aliphatic heterocycles. The van der Waals surface area contributed by atoms with E-state index < -0.39 is 33.6 Å². The molecule has 114 valence electrons. The van der Waals surface area contributed by atoms with E-state index in [2.05, 4.69) is 10.6 Å². The number of piperidine rings is 1. The third-order valence-corrected chi connectivity index (χ3v) is 3.74. The highest BCUT2D eigenvalue weighted by Crippen LogP contribution is 2.31. The van der Waals surface area contributed by atoms with Crippen LogP contribution >= 0.6 is 0 Å². The Balaban J connectivity index is 2.24. The van der Waals surface area contributed by atoms with Crippen LogP contribution in [0.25, 0.3) is 0 Å². The Morgan fingerprint density at radius 3 is 2.52 bits per heavy atom. The molecule has 1 saturated heterocycles. The number of amides is 1. The summed E-state index contributed by atoms with van der Waals surface area (Å²) in [6.07, 6.45) is 1.15. The van der Waals surface area contributed by atoms with E-state index in [1.165, 1.54) is 0 Å². The van der Waals surface area contributed by atoms with Crippen LogP contribution < -0.4 is 10.6 Å². The van der Waals surface area contributed by atoms with E-state index >= 15 is 0 Å². The van der Waals surface area contributed by atoms with Gasteiger partial charge in [-0.3, -0.25) is 14.9 Å². The molecule has 0 spiro atoms. The van der Waals surface area contributed by atoms with Crippen molar-refractivity contribution in [2.75, 3.05) is 18.4 Å². The van der Waals surface area contributed by atoms with Crippen molar-refractivity contribution in [1.29, 1.82) is 0 Å². The molecule has 8 heteroatoms. The van der Waals surface area contributed by atoms with E-state index in [-0.39, 0.29) is 5.69 Å². The van der Waals surface area contributed by atoms with Crippen LogP contribution in [-0.2, 0) is 4.79 Å². The first-order valence-electron chi connectivity index (χ1n) is 6.49. The summed E-state index contributed by atoms with van der Waals surface area (Å²) in [4.78, 5) is 21.9. The van der Waals surface area contributed by atoms with Gasteiger partial charge in [-0.15, -0.1) is 0 Å². The SMILES string of the molecule is CC1(C(=O)Nc2cc([N+](=O)[O-])c(F)cc2F)CCNCC1. The maximum Gasteiger partial charge on any atom is 0.307 e. The monoisotopic (exact) mass is 299 g/mol. The topological polar surface area (TPSA) is 84.3 Å². The standard InChI is InChI=1S/C13H15F2N3O3/c1-13(2-4-16-5-3-13)12(19)17-10-7-11(18(20)21)9(15)6-8(10)14/h6-7,16H,2-5H2,1H3,(H,17,19). The number of rotatable bonds is 3. The summed E-state index contributed by atoms with van der Waals surface area (Å²) < 4.78 is 26.9. The molecule has 0 radical (unpaired) electrons. The molecule has 1 heterocycles. The van der Waals surface area contributed by atoms with Crippen molar-refractivity contribution in [3.8, 4) is 0 Å². The largest absolute Gasteiger partial charge is 0.323 e. The molecule has 2 N–H and O–H groups in total. The maximum atomic E-state index is 13.7. The maximum absolute atomic E-state index is 13.7. The third kappa shape index (κ3) is 3.15. The van der Waals surface area contributed by atoms with E-state index in [4.69, 9.17) is 0 Å². The zero-order valence-corrected chi connectivity index (χ0v) is 11.4. The van der Waals surface area contributed by atoms with Crippen molar-refractivity contribution >= 4 is 17.3 Å². The molecule has 6 nitrogen and oxygen atoms in total. The van der Waals surface area contributed by atoms with Gasteiger partial charge in [-0.1, -0.05) is 6.92 Å². The van der Waals surface area contributed by atoms with Crippen LogP contribution in [0.5, 0.6) is 0 Å².